The number of ether oxygens (including phenoxy) is 1. The van der Waals surface area contributed by atoms with Gasteiger partial charge in [-0.3, -0.25) is 4.79 Å². The Morgan fingerprint density at radius 3 is 2.57 bits per heavy atom. The van der Waals surface area contributed by atoms with Gasteiger partial charge in [0.15, 0.2) is 6.10 Å². The number of piperidine rings is 1. The first-order chi connectivity index (χ1) is 13.2. The Hall–Kier alpha value is -1.93. The van der Waals surface area contributed by atoms with Gasteiger partial charge in [0.2, 0.25) is 10.0 Å². The smallest absolute Gasteiger partial charge is 0.339 e. The first-order valence-electron chi connectivity index (χ1n) is 9.84. The summed E-state index contributed by atoms with van der Waals surface area (Å²) in [5, 5.41) is 2.79. The molecule has 1 aromatic carbocycles. The number of carbonyl (C=O) groups is 2. The van der Waals surface area contributed by atoms with Crippen LogP contribution in [0.1, 0.15) is 61.9 Å². The van der Waals surface area contributed by atoms with Gasteiger partial charge in [0.25, 0.3) is 5.91 Å². The van der Waals surface area contributed by atoms with Gasteiger partial charge in [0, 0.05) is 18.6 Å². The predicted octanol–water partition coefficient (Wildman–Crippen LogP) is 2.38. The number of amides is 1. The van der Waals surface area contributed by atoms with Crippen LogP contribution in [-0.4, -0.2) is 49.3 Å². The highest BCUT2D eigenvalue weighted by Crippen LogP contribution is 2.27. The Balaban J connectivity index is 1.78. The summed E-state index contributed by atoms with van der Waals surface area (Å²) in [5.41, 5.74) is 0.766. The summed E-state index contributed by atoms with van der Waals surface area (Å²) in [6.45, 7) is 5.61. The van der Waals surface area contributed by atoms with Crippen molar-refractivity contribution in [1.29, 1.82) is 0 Å². The highest BCUT2D eigenvalue weighted by molar-refractivity contribution is 7.89. The molecule has 1 aromatic rings. The maximum Gasteiger partial charge on any atom is 0.339 e. The first-order valence-corrected chi connectivity index (χ1v) is 11.3. The summed E-state index contributed by atoms with van der Waals surface area (Å²) in [6.07, 6.45) is 3.63. The van der Waals surface area contributed by atoms with E-state index in [-0.39, 0.29) is 28.4 Å². The van der Waals surface area contributed by atoms with Crippen molar-refractivity contribution in [3.63, 3.8) is 0 Å². The van der Waals surface area contributed by atoms with E-state index in [2.05, 4.69) is 5.32 Å². The summed E-state index contributed by atoms with van der Waals surface area (Å²) < 4.78 is 32.9. The van der Waals surface area contributed by atoms with Gasteiger partial charge in [-0.2, -0.15) is 4.31 Å². The van der Waals surface area contributed by atoms with Crippen molar-refractivity contribution in [2.75, 3.05) is 6.54 Å². The molecule has 7 nitrogen and oxygen atoms in total. The average Bonchev–Trinajstić information content (AvgIpc) is 3.45. The van der Waals surface area contributed by atoms with E-state index in [9.17, 15) is 18.0 Å². The minimum absolute atomic E-state index is 0.0680. The van der Waals surface area contributed by atoms with Crippen LogP contribution in [0.15, 0.2) is 23.1 Å². The number of rotatable bonds is 6. The summed E-state index contributed by atoms with van der Waals surface area (Å²) in [4.78, 5) is 24.7. The van der Waals surface area contributed by atoms with Gasteiger partial charge in [-0.25, -0.2) is 13.2 Å². The van der Waals surface area contributed by atoms with Crippen molar-refractivity contribution >= 4 is 21.9 Å². The van der Waals surface area contributed by atoms with Crippen LogP contribution in [0.3, 0.4) is 0 Å². The van der Waals surface area contributed by atoms with Gasteiger partial charge in [-0.1, -0.05) is 12.5 Å². The molecule has 154 valence electrons. The Bertz CT molecular complexity index is 863. The molecule has 1 saturated heterocycles. The number of hydrogen-bond acceptors (Lipinski definition) is 5. The SMILES string of the molecule is Cc1ccc(S(=O)(=O)N2CCCCC2C)cc1C(=O)OC(C)C(=O)NC1CC1. The third-order valence-electron chi connectivity index (χ3n) is 5.35. The lowest BCUT2D eigenvalue weighted by Gasteiger charge is -2.32. The zero-order chi connectivity index (χ0) is 20.5. The fraction of sp³-hybridized carbons (Fsp3) is 0.600. The van der Waals surface area contributed by atoms with Crippen LogP contribution in [0.2, 0.25) is 0 Å². The molecule has 0 radical (unpaired) electrons. The second kappa shape index (κ2) is 8.21. The number of benzene rings is 1. The van der Waals surface area contributed by atoms with E-state index in [1.807, 2.05) is 6.92 Å². The van der Waals surface area contributed by atoms with E-state index in [0.29, 0.717) is 12.1 Å². The number of nitrogens with one attached hydrogen (secondary N) is 1. The average molecular weight is 409 g/mol. The molecule has 1 saturated carbocycles. The van der Waals surface area contributed by atoms with E-state index in [1.165, 1.54) is 23.4 Å². The number of aryl methyl sites for hydroxylation is 1. The summed E-state index contributed by atoms with van der Waals surface area (Å²) >= 11 is 0. The zero-order valence-corrected chi connectivity index (χ0v) is 17.4. The summed E-state index contributed by atoms with van der Waals surface area (Å²) in [5.74, 6) is -1.03. The van der Waals surface area contributed by atoms with E-state index in [0.717, 1.165) is 32.1 Å². The lowest BCUT2D eigenvalue weighted by molar-refractivity contribution is -0.129. The molecule has 1 aliphatic carbocycles. The van der Waals surface area contributed by atoms with Gasteiger partial charge >= 0.3 is 5.97 Å². The Kier molecular flexibility index (Phi) is 6.09. The van der Waals surface area contributed by atoms with Crippen molar-refractivity contribution in [3.05, 3.63) is 29.3 Å². The van der Waals surface area contributed by atoms with E-state index in [1.54, 1.807) is 13.0 Å². The molecular formula is C20H28N2O5S. The van der Waals surface area contributed by atoms with E-state index in [4.69, 9.17) is 4.74 Å². The van der Waals surface area contributed by atoms with Crippen molar-refractivity contribution in [1.82, 2.24) is 9.62 Å². The molecule has 0 aromatic heterocycles. The van der Waals surface area contributed by atoms with Crippen LogP contribution in [0.25, 0.3) is 0 Å². The highest BCUT2D eigenvalue weighted by Gasteiger charge is 2.32. The predicted molar refractivity (Wildman–Crippen MR) is 104 cm³/mol. The normalized spacial score (nSPS) is 21.8. The van der Waals surface area contributed by atoms with Crippen molar-refractivity contribution in [2.24, 2.45) is 0 Å². The molecule has 2 atom stereocenters. The molecule has 1 heterocycles. The second-order valence-electron chi connectivity index (χ2n) is 7.77. The third kappa shape index (κ3) is 4.55. The zero-order valence-electron chi connectivity index (χ0n) is 16.6. The molecule has 0 bridgehead atoms. The first kappa shape index (κ1) is 20.8. The summed E-state index contributed by atoms with van der Waals surface area (Å²) in [7, 11) is -3.69. The Morgan fingerprint density at radius 1 is 1.21 bits per heavy atom. The van der Waals surface area contributed by atoms with Gasteiger partial charge in [-0.05, 0) is 64.2 Å². The Labute approximate surface area is 166 Å². The number of esters is 1. The minimum Gasteiger partial charge on any atom is -0.449 e. The number of carbonyl (C=O) groups excluding carboxylic acids is 2. The molecule has 2 aliphatic rings. The number of nitrogens with zero attached hydrogens (tertiary/aromatic N) is 1. The molecular weight excluding hydrogens is 380 g/mol. The van der Waals surface area contributed by atoms with Gasteiger partial charge in [-0.15, -0.1) is 0 Å². The van der Waals surface area contributed by atoms with Gasteiger partial charge < -0.3 is 10.1 Å². The lowest BCUT2D eigenvalue weighted by Crippen LogP contribution is -2.42. The molecule has 2 unspecified atom stereocenters. The van der Waals surface area contributed by atoms with Crippen LogP contribution in [-0.2, 0) is 19.6 Å². The van der Waals surface area contributed by atoms with E-state index >= 15 is 0 Å². The van der Waals surface area contributed by atoms with Crippen LogP contribution in [0.4, 0.5) is 0 Å². The highest BCUT2D eigenvalue weighted by atomic mass is 32.2. The largest absolute Gasteiger partial charge is 0.449 e. The van der Waals surface area contributed by atoms with Crippen LogP contribution >= 0.6 is 0 Å². The lowest BCUT2D eigenvalue weighted by atomic mass is 10.1. The Morgan fingerprint density at radius 2 is 1.93 bits per heavy atom. The quantitative estimate of drug-likeness (QED) is 0.730. The second-order valence-corrected chi connectivity index (χ2v) is 9.66. The summed E-state index contributed by atoms with van der Waals surface area (Å²) in [6, 6.07) is 4.59. The van der Waals surface area contributed by atoms with Crippen LogP contribution < -0.4 is 5.32 Å². The van der Waals surface area contributed by atoms with Crippen LogP contribution in [0, 0.1) is 6.92 Å². The molecule has 3 rings (SSSR count). The fourth-order valence-corrected chi connectivity index (χ4v) is 5.10. The molecule has 28 heavy (non-hydrogen) atoms. The van der Waals surface area contributed by atoms with Crippen LogP contribution in [0.5, 0.6) is 0 Å². The van der Waals surface area contributed by atoms with Crippen molar-refractivity contribution in [3.8, 4) is 0 Å². The molecule has 0 spiro atoms. The molecule has 8 heteroatoms. The van der Waals surface area contributed by atoms with Crippen molar-refractivity contribution < 1.29 is 22.7 Å². The van der Waals surface area contributed by atoms with E-state index < -0.39 is 22.1 Å². The van der Waals surface area contributed by atoms with Crippen molar-refractivity contribution in [2.45, 2.75) is 76.0 Å². The molecule has 2 fully saturated rings. The monoisotopic (exact) mass is 408 g/mol. The standard InChI is InChI=1S/C20H28N2O5S/c1-13-7-10-17(28(25,26)22-11-5-4-6-14(22)2)12-18(13)20(24)27-15(3)19(23)21-16-8-9-16/h7,10,12,14-16H,4-6,8-9,11H2,1-3H3,(H,21,23). The number of hydrogen-bond donors (Lipinski definition) is 1. The van der Waals surface area contributed by atoms with Gasteiger partial charge in [0.05, 0.1) is 10.5 Å². The molecule has 1 amide bonds. The maximum atomic E-state index is 13.1. The third-order valence-corrected chi connectivity index (χ3v) is 7.36. The maximum absolute atomic E-state index is 13.1. The fourth-order valence-electron chi connectivity index (χ4n) is 3.37. The molecule has 1 aliphatic heterocycles. The number of sulfonamides is 1. The van der Waals surface area contributed by atoms with Gasteiger partial charge in [0.1, 0.15) is 0 Å². The topological polar surface area (TPSA) is 92.8 Å². The minimum atomic E-state index is -3.69. The molecule has 1 N–H and O–H groups in total.